The number of anilines is 2. The summed E-state index contributed by atoms with van der Waals surface area (Å²) >= 11 is 0. The zero-order chi connectivity index (χ0) is 21.8. The molecule has 1 heterocycles. The summed E-state index contributed by atoms with van der Waals surface area (Å²) in [5.74, 6) is 1.07. The molecule has 0 radical (unpaired) electrons. The number of aromatic nitrogens is 2. The summed E-state index contributed by atoms with van der Waals surface area (Å²) in [5.41, 5.74) is 11.1. The van der Waals surface area contributed by atoms with Gasteiger partial charge in [0, 0.05) is 17.8 Å². The Hall–Kier alpha value is -3.52. The Labute approximate surface area is 180 Å². The molecule has 2 amide bonds. The SMILES string of the molecule is CCc1nnc(C2(CCN)c3ccc(NC=O)cc3CCc3cc(NC=O)ccc32)o1. The summed E-state index contributed by atoms with van der Waals surface area (Å²) in [6.07, 6.45) is 4.05. The molecule has 1 aliphatic carbocycles. The van der Waals surface area contributed by atoms with Crippen LogP contribution >= 0.6 is 0 Å². The standard InChI is InChI=1S/C23H25N5O3/c1-2-21-27-28-22(31-21)23(9-10-24)19-7-5-17(25-13-29)11-15(19)3-4-16-12-18(26-14-30)6-8-20(16)23/h5-8,11-14H,2-4,9-10,24H2,1H3,(H,25,29)(H,26,30). The highest BCUT2D eigenvalue weighted by atomic mass is 16.4. The Balaban J connectivity index is 2.01. The maximum absolute atomic E-state index is 11.0. The van der Waals surface area contributed by atoms with Crippen molar-refractivity contribution in [2.75, 3.05) is 17.2 Å². The molecule has 0 aliphatic heterocycles. The number of nitrogens with two attached hydrogens (primary N) is 1. The molecule has 0 spiro atoms. The van der Waals surface area contributed by atoms with Gasteiger partial charge in [0.15, 0.2) is 0 Å². The average molecular weight is 419 g/mol. The van der Waals surface area contributed by atoms with Crippen molar-refractivity contribution in [3.05, 3.63) is 70.4 Å². The van der Waals surface area contributed by atoms with Crippen molar-refractivity contribution in [1.29, 1.82) is 0 Å². The highest BCUT2D eigenvalue weighted by Gasteiger charge is 2.45. The lowest BCUT2D eigenvalue weighted by Gasteiger charge is -2.33. The first-order valence-electron chi connectivity index (χ1n) is 10.4. The minimum Gasteiger partial charge on any atom is -0.424 e. The van der Waals surface area contributed by atoms with E-state index in [1.807, 2.05) is 43.3 Å². The lowest BCUT2D eigenvalue weighted by Crippen LogP contribution is -2.34. The third kappa shape index (κ3) is 3.59. The largest absolute Gasteiger partial charge is 0.424 e. The summed E-state index contributed by atoms with van der Waals surface area (Å²) < 4.78 is 6.13. The highest BCUT2D eigenvalue weighted by molar-refractivity contribution is 5.74. The van der Waals surface area contributed by atoms with Gasteiger partial charge in [-0.25, -0.2) is 0 Å². The van der Waals surface area contributed by atoms with Gasteiger partial charge in [0.2, 0.25) is 24.6 Å². The van der Waals surface area contributed by atoms with Crippen LogP contribution in [0.3, 0.4) is 0 Å². The molecule has 3 aromatic rings. The van der Waals surface area contributed by atoms with Crippen molar-refractivity contribution in [1.82, 2.24) is 10.2 Å². The van der Waals surface area contributed by atoms with Crippen molar-refractivity contribution in [2.45, 2.75) is 38.0 Å². The molecule has 2 aromatic carbocycles. The second-order valence-electron chi connectivity index (χ2n) is 7.57. The smallest absolute Gasteiger partial charge is 0.231 e. The van der Waals surface area contributed by atoms with E-state index in [-0.39, 0.29) is 0 Å². The zero-order valence-electron chi connectivity index (χ0n) is 17.4. The molecule has 0 bridgehead atoms. The van der Waals surface area contributed by atoms with E-state index < -0.39 is 5.41 Å². The lowest BCUT2D eigenvalue weighted by molar-refractivity contribution is -0.106. The predicted molar refractivity (Wildman–Crippen MR) is 117 cm³/mol. The fourth-order valence-corrected chi connectivity index (χ4v) is 4.56. The van der Waals surface area contributed by atoms with Gasteiger partial charge in [0.05, 0.1) is 0 Å². The minimum atomic E-state index is -0.726. The molecule has 1 aromatic heterocycles. The number of aryl methyl sites for hydroxylation is 3. The number of amides is 2. The maximum Gasteiger partial charge on any atom is 0.231 e. The molecule has 0 atom stereocenters. The molecular weight excluding hydrogens is 394 g/mol. The van der Waals surface area contributed by atoms with Gasteiger partial charge in [-0.1, -0.05) is 19.1 Å². The molecule has 8 heteroatoms. The normalized spacial score (nSPS) is 14.1. The summed E-state index contributed by atoms with van der Waals surface area (Å²) in [4.78, 5) is 22.0. The number of rotatable bonds is 8. The van der Waals surface area contributed by atoms with Gasteiger partial charge in [-0.3, -0.25) is 9.59 Å². The molecule has 4 rings (SSSR count). The van der Waals surface area contributed by atoms with Gasteiger partial charge in [-0.05, 0) is 72.3 Å². The first-order chi connectivity index (χ1) is 15.2. The van der Waals surface area contributed by atoms with Crippen LogP contribution < -0.4 is 16.4 Å². The summed E-state index contributed by atoms with van der Waals surface area (Å²) in [5, 5.41) is 14.1. The van der Waals surface area contributed by atoms with Gasteiger partial charge in [-0.2, -0.15) is 0 Å². The van der Waals surface area contributed by atoms with E-state index in [1.165, 1.54) is 0 Å². The number of fused-ring (bicyclic) bond motifs is 2. The molecule has 1 aliphatic rings. The fraction of sp³-hybridized carbons (Fsp3) is 0.304. The number of carbonyl (C=O) groups is 2. The predicted octanol–water partition coefficient (Wildman–Crippen LogP) is 2.55. The van der Waals surface area contributed by atoms with Crippen LogP contribution in [-0.4, -0.2) is 29.6 Å². The van der Waals surface area contributed by atoms with Crippen LogP contribution in [0.5, 0.6) is 0 Å². The molecule has 8 nitrogen and oxygen atoms in total. The third-order valence-electron chi connectivity index (χ3n) is 5.90. The number of nitrogens with zero attached hydrogens (tertiary/aromatic N) is 2. The van der Waals surface area contributed by atoms with Crippen molar-refractivity contribution in [3.63, 3.8) is 0 Å². The van der Waals surface area contributed by atoms with Crippen LogP contribution in [0.2, 0.25) is 0 Å². The van der Waals surface area contributed by atoms with E-state index in [1.54, 1.807) is 0 Å². The first kappa shape index (κ1) is 20.7. The third-order valence-corrected chi connectivity index (χ3v) is 5.90. The van der Waals surface area contributed by atoms with Gasteiger partial charge in [-0.15, -0.1) is 10.2 Å². The second-order valence-corrected chi connectivity index (χ2v) is 7.57. The van der Waals surface area contributed by atoms with Crippen LogP contribution in [0, 0.1) is 0 Å². The van der Waals surface area contributed by atoms with E-state index in [2.05, 4.69) is 20.8 Å². The Kier molecular flexibility index (Phi) is 5.81. The molecule has 0 fully saturated rings. The minimum absolute atomic E-state index is 0.408. The summed E-state index contributed by atoms with van der Waals surface area (Å²) in [7, 11) is 0. The molecule has 0 unspecified atom stereocenters. The number of hydrogen-bond acceptors (Lipinski definition) is 6. The topological polar surface area (TPSA) is 123 Å². The number of hydrogen-bond donors (Lipinski definition) is 3. The van der Waals surface area contributed by atoms with Crippen molar-refractivity contribution >= 4 is 24.2 Å². The summed E-state index contributed by atoms with van der Waals surface area (Å²) in [6, 6.07) is 11.8. The monoisotopic (exact) mass is 419 g/mol. The molecule has 160 valence electrons. The number of benzene rings is 2. The molecule has 4 N–H and O–H groups in total. The van der Waals surface area contributed by atoms with Gasteiger partial charge in [0.1, 0.15) is 5.41 Å². The van der Waals surface area contributed by atoms with E-state index in [0.29, 0.717) is 44.0 Å². The van der Waals surface area contributed by atoms with Gasteiger partial charge < -0.3 is 20.8 Å². The molecule has 0 saturated carbocycles. The number of carbonyl (C=O) groups excluding carboxylic acids is 2. The van der Waals surface area contributed by atoms with Gasteiger partial charge in [0.25, 0.3) is 0 Å². The fourth-order valence-electron chi connectivity index (χ4n) is 4.56. The van der Waals surface area contributed by atoms with Gasteiger partial charge >= 0.3 is 0 Å². The summed E-state index contributed by atoms with van der Waals surface area (Å²) in [6.45, 7) is 2.38. The van der Waals surface area contributed by atoms with E-state index in [0.717, 1.165) is 46.5 Å². The first-order valence-corrected chi connectivity index (χ1v) is 10.4. The van der Waals surface area contributed by atoms with E-state index >= 15 is 0 Å². The Morgan fingerprint density at radius 3 is 2.03 bits per heavy atom. The maximum atomic E-state index is 11.0. The van der Waals surface area contributed by atoms with Crippen LogP contribution in [0.1, 0.15) is 47.4 Å². The van der Waals surface area contributed by atoms with Crippen LogP contribution in [0.4, 0.5) is 11.4 Å². The van der Waals surface area contributed by atoms with Crippen LogP contribution in [0.25, 0.3) is 0 Å². The van der Waals surface area contributed by atoms with Crippen molar-refractivity contribution in [3.8, 4) is 0 Å². The van der Waals surface area contributed by atoms with Crippen LogP contribution in [0.15, 0.2) is 40.8 Å². The average Bonchev–Trinajstić information content (AvgIpc) is 3.22. The van der Waals surface area contributed by atoms with E-state index in [9.17, 15) is 9.59 Å². The van der Waals surface area contributed by atoms with Crippen molar-refractivity contribution in [2.24, 2.45) is 5.73 Å². The number of nitrogens with one attached hydrogen (secondary N) is 2. The van der Waals surface area contributed by atoms with E-state index in [4.69, 9.17) is 10.2 Å². The molecule has 0 saturated heterocycles. The van der Waals surface area contributed by atoms with Crippen LogP contribution in [-0.2, 0) is 34.3 Å². The zero-order valence-corrected chi connectivity index (χ0v) is 17.4. The lowest BCUT2D eigenvalue weighted by atomic mass is 9.70. The highest BCUT2D eigenvalue weighted by Crippen LogP contribution is 2.47. The second kappa shape index (κ2) is 8.69. The molecular formula is C23H25N5O3. The Morgan fingerprint density at radius 1 is 1.00 bits per heavy atom. The Bertz CT molecular complexity index is 1050. The Morgan fingerprint density at radius 2 is 1.58 bits per heavy atom. The quantitative estimate of drug-likeness (QED) is 0.482. The molecule has 31 heavy (non-hydrogen) atoms. The van der Waals surface area contributed by atoms with Crippen molar-refractivity contribution < 1.29 is 14.0 Å².